The first-order valence-electron chi connectivity index (χ1n) is 8.95. The monoisotopic (exact) mass is 430 g/mol. The predicted octanol–water partition coefficient (Wildman–Crippen LogP) is -2.63. The number of hydrogen-bond donors (Lipinski definition) is 1. The van der Waals surface area contributed by atoms with Gasteiger partial charge >= 0.3 is 61.5 Å². The van der Waals surface area contributed by atoms with Crippen LogP contribution in [0, 0.1) is 0 Å². The molecular weight excluding hydrogens is 413 g/mol. The number of ketones is 1. The summed E-state index contributed by atoms with van der Waals surface area (Å²) >= 11 is 0. The molecule has 10 heteroatoms. The van der Waals surface area contributed by atoms with Crippen molar-refractivity contribution in [2.24, 2.45) is 5.73 Å². The molecule has 140 valence electrons. The summed E-state index contributed by atoms with van der Waals surface area (Å²) in [5.41, 5.74) is 1.90. The quantitative estimate of drug-likeness (QED) is 0.388. The molecule has 0 radical (unpaired) electrons. The molecule has 3 rings (SSSR count). The number of carboxylic acids is 1. The van der Waals surface area contributed by atoms with Crippen molar-refractivity contribution >= 4 is 21.9 Å². The summed E-state index contributed by atoms with van der Waals surface area (Å²) in [7, 11) is -5.09. The first-order valence-corrected chi connectivity index (χ1v) is 8.86. The zero-order valence-corrected chi connectivity index (χ0v) is 18.5. The molecule has 1 atom stereocenters. The van der Waals surface area contributed by atoms with E-state index in [0.29, 0.717) is 0 Å². The summed E-state index contributed by atoms with van der Waals surface area (Å²) in [5, 5.41) is 10.8. The third kappa shape index (κ3) is 5.22. The zero-order chi connectivity index (χ0) is 22.3. The molecule has 2 N–H and O–H groups in total. The molecule has 2 aromatic rings. The Morgan fingerprint density at radius 3 is 2.39 bits per heavy atom. The Balaban J connectivity index is 0.00000341. The summed E-state index contributed by atoms with van der Waals surface area (Å²) in [6, 6.07) is 11.2. The third-order valence-corrected chi connectivity index (χ3v) is 4.31. The minimum atomic E-state index is -5.09. The number of rotatable bonds is 6. The average Bonchev–Trinajstić information content (AvgIpc) is 2.92. The number of nitrogens with two attached hydrogens (primary N) is 1. The van der Waals surface area contributed by atoms with Gasteiger partial charge in [-0.05, 0) is 11.1 Å². The Labute approximate surface area is 208 Å². The first-order chi connectivity index (χ1) is 13.9. The van der Waals surface area contributed by atoms with E-state index in [4.69, 9.17) is 14.6 Å². The van der Waals surface area contributed by atoms with Crippen molar-refractivity contribution in [2.45, 2.75) is 11.8 Å². The van der Waals surface area contributed by atoms with Crippen molar-refractivity contribution in [3.05, 3.63) is 82.9 Å². The second-order valence-corrected chi connectivity index (χ2v) is 6.60. The molecule has 0 saturated heterocycles. The minimum Gasteiger partial charge on any atom is -0.545 e. The summed E-state index contributed by atoms with van der Waals surface area (Å²) in [6.45, 7) is 0. The van der Waals surface area contributed by atoms with Gasteiger partial charge in [-0.2, -0.15) is 8.42 Å². The minimum absolute atomic E-state index is 0. The van der Waals surface area contributed by atoms with Gasteiger partial charge < -0.3 is 24.6 Å². The number of Topliss-reactive ketones (excluding diaryl/α,β-unsaturated/α-hetero) is 1. The topological polar surface area (TPSA) is 136 Å². The van der Waals surface area contributed by atoms with Gasteiger partial charge in [0.05, 0.1) is 10.1 Å². The van der Waals surface area contributed by atoms with E-state index in [9.17, 15) is 23.1 Å². The maximum Gasteiger partial charge on any atom is 1.00 e. The molecular formula is C18H14KNO7S. The van der Waals surface area contributed by atoms with Gasteiger partial charge in [0.25, 0.3) is 0 Å². The Bertz CT molecular complexity index is 1150. The SMILES string of the molecule is [2H]C1(c2ccc(C(=O)[O-])cc2)OC(N)=C(OS(=O)(=O)C([2H])([2H])c2ccccc2)C1=O.[K+]. The average molecular weight is 430 g/mol. The number of aromatic carboxylic acids is 1. The number of carbonyl (C=O) groups is 2. The number of benzene rings is 2. The maximum absolute atomic E-state index is 12.7. The van der Waals surface area contributed by atoms with Crippen LogP contribution < -0.4 is 62.2 Å². The van der Waals surface area contributed by atoms with E-state index in [0.717, 1.165) is 24.3 Å². The van der Waals surface area contributed by atoms with Gasteiger partial charge in [-0.1, -0.05) is 54.6 Å². The van der Waals surface area contributed by atoms with Gasteiger partial charge in [-0.25, -0.2) is 0 Å². The molecule has 8 nitrogen and oxygen atoms in total. The van der Waals surface area contributed by atoms with Gasteiger partial charge in [0.2, 0.25) is 17.4 Å². The molecule has 0 amide bonds. The van der Waals surface area contributed by atoms with Crippen LogP contribution in [0.2, 0.25) is 0 Å². The van der Waals surface area contributed by atoms with E-state index in [1.54, 1.807) is 6.07 Å². The fourth-order valence-electron chi connectivity index (χ4n) is 2.23. The third-order valence-electron chi connectivity index (χ3n) is 3.44. The number of hydrogen-bond acceptors (Lipinski definition) is 8. The largest absolute Gasteiger partial charge is 1.00 e. The Hall–Kier alpha value is -1.69. The van der Waals surface area contributed by atoms with Crippen LogP contribution in [0.1, 0.15) is 31.7 Å². The Morgan fingerprint density at radius 1 is 1.21 bits per heavy atom. The smallest absolute Gasteiger partial charge is 0.545 e. The van der Waals surface area contributed by atoms with E-state index in [-0.39, 0.29) is 68.1 Å². The molecule has 0 fully saturated rings. The van der Waals surface area contributed by atoms with E-state index in [2.05, 4.69) is 4.18 Å². The zero-order valence-electron chi connectivity index (χ0n) is 17.5. The number of carboxylic acid groups (broad SMARTS) is 1. The molecule has 0 aromatic heterocycles. The molecule has 2 aromatic carbocycles. The van der Waals surface area contributed by atoms with Crippen LogP contribution in [0.5, 0.6) is 0 Å². The van der Waals surface area contributed by atoms with E-state index >= 15 is 0 Å². The number of ether oxygens (including phenoxy) is 1. The summed E-state index contributed by atoms with van der Waals surface area (Å²) in [4.78, 5) is 23.5. The standard InChI is InChI=1S/C18H15NO7S.K/c19-17-16(26-27(23,24)10-11-4-2-1-3-5-11)14(20)15(25-17)12-6-8-13(9-7-12)18(21)22;/h1-9,15H,10,19H2,(H,21,22);/q;+1/p-1/i10D2,15D;. The van der Waals surface area contributed by atoms with Crippen molar-refractivity contribution in [3.63, 3.8) is 0 Å². The van der Waals surface area contributed by atoms with E-state index in [1.807, 2.05) is 0 Å². The molecule has 1 heterocycles. The van der Waals surface area contributed by atoms with Gasteiger partial charge in [-0.15, -0.1) is 0 Å². The summed E-state index contributed by atoms with van der Waals surface area (Å²) < 4.78 is 58.9. The molecule has 0 saturated carbocycles. The van der Waals surface area contributed by atoms with Crippen LogP contribution >= 0.6 is 0 Å². The van der Waals surface area contributed by atoms with Crippen LogP contribution in [0.15, 0.2) is 66.2 Å². The van der Waals surface area contributed by atoms with Crippen molar-refractivity contribution in [3.8, 4) is 0 Å². The van der Waals surface area contributed by atoms with Crippen LogP contribution in [0.3, 0.4) is 0 Å². The van der Waals surface area contributed by atoms with Crippen molar-refractivity contribution in [2.75, 3.05) is 0 Å². The van der Waals surface area contributed by atoms with Gasteiger partial charge in [0, 0.05) is 5.56 Å². The van der Waals surface area contributed by atoms with Crippen LogP contribution in [-0.2, 0) is 29.5 Å². The molecule has 1 aliphatic rings. The molecule has 0 bridgehead atoms. The summed E-state index contributed by atoms with van der Waals surface area (Å²) in [5.74, 6) is -4.65. The molecule has 0 aliphatic carbocycles. The van der Waals surface area contributed by atoms with Gasteiger partial charge in [-0.3, -0.25) is 4.79 Å². The van der Waals surface area contributed by atoms with E-state index in [1.165, 1.54) is 24.3 Å². The van der Waals surface area contributed by atoms with E-state index < -0.39 is 45.3 Å². The van der Waals surface area contributed by atoms with Gasteiger partial charge in [0.15, 0.2) is 6.08 Å². The Morgan fingerprint density at radius 2 is 1.82 bits per heavy atom. The normalized spacial score (nSPS) is 21.0. The molecule has 0 spiro atoms. The van der Waals surface area contributed by atoms with Crippen LogP contribution in [-0.4, -0.2) is 20.2 Å². The predicted molar refractivity (Wildman–Crippen MR) is 91.0 cm³/mol. The second kappa shape index (κ2) is 9.20. The maximum atomic E-state index is 12.7. The summed E-state index contributed by atoms with van der Waals surface area (Å²) in [6.07, 6.45) is -2.54. The van der Waals surface area contributed by atoms with Gasteiger partial charge in [0.1, 0.15) is 5.70 Å². The number of carbonyl (C=O) groups excluding carboxylic acids is 2. The van der Waals surface area contributed by atoms with Crippen molar-refractivity contribution in [1.82, 2.24) is 0 Å². The first kappa shape index (κ1) is 18.3. The second-order valence-electron chi connectivity index (χ2n) is 5.32. The molecule has 1 aliphatic heterocycles. The fraction of sp³-hybridized carbons (Fsp3) is 0.111. The van der Waals surface area contributed by atoms with Crippen LogP contribution in [0.25, 0.3) is 0 Å². The van der Waals surface area contributed by atoms with Crippen LogP contribution in [0.4, 0.5) is 0 Å². The molecule has 28 heavy (non-hydrogen) atoms. The Kier molecular flexibility index (Phi) is 6.03. The fourth-order valence-corrected chi connectivity index (χ4v) is 3.07. The van der Waals surface area contributed by atoms with Crippen molar-refractivity contribution < 1.29 is 87.5 Å². The van der Waals surface area contributed by atoms with Crippen molar-refractivity contribution in [1.29, 1.82) is 0 Å². The molecule has 1 unspecified atom stereocenters.